The molecule has 0 atom stereocenters. The second-order valence-corrected chi connectivity index (χ2v) is 6.93. The summed E-state index contributed by atoms with van der Waals surface area (Å²) in [6, 6.07) is 10.9. The summed E-state index contributed by atoms with van der Waals surface area (Å²) in [7, 11) is 4.33. The highest BCUT2D eigenvalue weighted by Gasteiger charge is 1.95. The van der Waals surface area contributed by atoms with Gasteiger partial charge in [-0.05, 0) is 45.5 Å². The van der Waals surface area contributed by atoms with E-state index in [1.807, 2.05) is 0 Å². The lowest BCUT2D eigenvalue weighted by molar-refractivity contribution is 0.389. The van der Waals surface area contributed by atoms with Crippen LogP contribution in [0, 0.1) is 0 Å². The molecule has 0 radical (unpaired) electrons. The summed E-state index contributed by atoms with van der Waals surface area (Å²) in [6.45, 7) is 1.25. The minimum Gasteiger partial charge on any atom is -0.412 e. The number of hydrogen-bond acceptors (Lipinski definition) is 1. The molecule has 1 rings (SSSR count). The SMILES string of the molecule is CN(C)CCCCCCCCCCCCCc1ccccc1.Cl.O.O. The molecule has 0 saturated heterocycles. The average Bonchev–Trinajstić information content (AvgIpc) is 2.52. The van der Waals surface area contributed by atoms with E-state index in [0.717, 1.165) is 0 Å². The molecule has 0 aliphatic carbocycles. The van der Waals surface area contributed by atoms with Crippen molar-refractivity contribution in [3.8, 4) is 0 Å². The fourth-order valence-electron chi connectivity index (χ4n) is 2.99. The van der Waals surface area contributed by atoms with Gasteiger partial charge in [0.25, 0.3) is 0 Å². The molecule has 0 bridgehead atoms. The second-order valence-electron chi connectivity index (χ2n) is 6.93. The van der Waals surface area contributed by atoms with Gasteiger partial charge >= 0.3 is 0 Å². The van der Waals surface area contributed by atoms with Gasteiger partial charge < -0.3 is 15.9 Å². The Hall–Kier alpha value is -0.610. The Morgan fingerprint density at radius 1 is 0.600 bits per heavy atom. The first-order valence-corrected chi connectivity index (χ1v) is 9.47. The van der Waals surface area contributed by atoms with Crippen molar-refractivity contribution in [1.82, 2.24) is 4.90 Å². The van der Waals surface area contributed by atoms with Gasteiger partial charge in [-0.3, -0.25) is 0 Å². The molecule has 0 spiro atoms. The summed E-state index contributed by atoms with van der Waals surface area (Å²) in [4.78, 5) is 2.29. The summed E-state index contributed by atoms with van der Waals surface area (Å²) in [5, 5.41) is 0. The lowest BCUT2D eigenvalue weighted by Crippen LogP contribution is -2.12. The smallest absolute Gasteiger partial charge is 0.00248 e. The number of unbranched alkanes of at least 4 members (excludes halogenated alkanes) is 10. The van der Waals surface area contributed by atoms with Gasteiger partial charge in [-0.2, -0.15) is 0 Å². The molecule has 0 amide bonds. The molecule has 4 N–H and O–H groups in total. The van der Waals surface area contributed by atoms with E-state index >= 15 is 0 Å². The molecule has 1 aromatic carbocycles. The first-order valence-electron chi connectivity index (χ1n) is 9.47. The van der Waals surface area contributed by atoms with Crippen LogP contribution in [-0.2, 0) is 6.42 Å². The fourth-order valence-corrected chi connectivity index (χ4v) is 2.99. The highest BCUT2D eigenvalue weighted by molar-refractivity contribution is 5.85. The predicted molar refractivity (Wildman–Crippen MR) is 114 cm³/mol. The van der Waals surface area contributed by atoms with E-state index in [1.54, 1.807) is 0 Å². The van der Waals surface area contributed by atoms with Crippen LogP contribution in [0.15, 0.2) is 30.3 Å². The number of hydrogen-bond donors (Lipinski definition) is 0. The summed E-state index contributed by atoms with van der Waals surface area (Å²) in [5.74, 6) is 0. The van der Waals surface area contributed by atoms with E-state index in [2.05, 4.69) is 49.3 Å². The molecule has 4 heteroatoms. The van der Waals surface area contributed by atoms with E-state index in [-0.39, 0.29) is 23.4 Å². The Balaban J connectivity index is -0.00000161. The summed E-state index contributed by atoms with van der Waals surface area (Å²) in [5.41, 5.74) is 1.50. The first-order chi connectivity index (χ1) is 10.8. The lowest BCUT2D eigenvalue weighted by atomic mass is 10.0. The standard InChI is InChI=1S/C21H37N.ClH.2H2O/c1-22(2)20-16-11-9-7-5-3-4-6-8-10-13-17-21-18-14-12-15-19-21;;;/h12,14-15,18-19H,3-11,13,16-17,20H2,1-2H3;1H;2*1H2. The van der Waals surface area contributed by atoms with Gasteiger partial charge in [0, 0.05) is 0 Å². The topological polar surface area (TPSA) is 66.2 Å². The van der Waals surface area contributed by atoms with E-state index in [4.69, 9.17) is 0 Å². The minimum atomic E-state index is 0. The van der Waals surface area contributed by atoms with Crippen LogP contribution in [0.4, 0.5) is 0 Å². The van der Waals surface area contributed by atoms with Gasteiger partial charge in [0.1, 0.15) is 0 Å². The molecule has 25 heavy (non-hydrogen) atoms. The average molecular weight is 376 g/mol. The lowest BCUT2D eigenvalue weighted by Gasteiger charge is -2.08. The van der Waals surface area contributed by atoms with E-state index in [1.165, 1.54) is 89.2 Å². The number of nitrogens with zero attached hydrogens (tertiary/aromatic N) is 1. The zero-order chi connectivity index (χ0) is 15.9. The van der Waals surface area contributed by atoms with Crippen LogP contribution in [0.3, 0.4) is 0 Å². The maximum absolute atomic E-state index is 2.29. The van der Waals surface area contributed by atoms with Gasteiger partial charge in [-0.25, -0.2) is 0 Å². The Morgan fingerprint density at radius 2 is 1.00 bits per heavy atom. The Morgan fingerprint density at radius 3 is 1.44 bits per heavy atom. The van der Waals surface area contributed by atoms with Crippen molar-refractivity contribution in [2.45, 2.75) is 77.0 Å². The van der Waals surface area contributed by atoms with Crippen molar-refractivity contribution < 1.29 is 11.0 Å². The quantitative estimate of drug-likeness (QED) is 0.428. The van der Waals surface area contributed by atoms with E-state index in [0.29, 0.717) is 0 Å². The molecule has 150 valence electrons. The van der Waals surface area contributed by atoms with Crippen molar-refractivity contribution in [3.63, 3.8) is 0 Å². The van der Waals surface area contributed by atoms with Gasteiger partial charge in [-0.15, -0.1) is 12.4 Å². The van der Waals surface area contributed by atoms with Gasteiger partial charge in [-0.1, -0.05) is 88.1 Å². The Labute approximate surface area is 162 Å². The summed E-state index contributed by atoms with van der Waals surface area (Å²) >= 11 is 0. The molecule has 0 aromatic heterocycles. The molecule has 0 saturated carbocycles. The normalized spacial score (nSPS) is 9.88. The Kier molecular flexibility index (Phi) is 25.0. The van der Waals surface area contributed by atoms with Crippen molar-refractivity contribution in [2.75, 3.05) is 20.6 Å². The van der Waals surface area contributed by atoms with Crippen molar-refractivity contribution >= 4 is 12.4 Å². The van der Waals surface area contributed by atoms with Gasteiger partial charge in [0.15, 0.2) is 0 Å². The number of benzene rings is 1. The van der Waals surface area contributed by atoms with Crippen molar-refractivity contribution in [1.29, 1.82) is 0 Å². The van der Waals surface area contributed by atoms with Crippen LogP contribution in [0.5, 0.6) is 0 Å². The maximum atomic E-state index is 2.29. The number of rotatable bonds is 14. The maximum Gasteiger partial charge on any atom is -0.00248 e. The molecule has 0 unspecified atom stereocenters. The highest BCUT2D eigenvalue weighted by atomic mass is 35.5. The minimum absolute atomic E-state index is 0. The van der Waals surface area contributed by atoms with Crippen LogP contribution >= 0.6 is 12.4 Å². The monoisotopic (exact) mass is 375 g/mol. The third-order valence-electron chi connectivity index (χ3n) is 4.41. The molecular weight excluding hydrogens is 334 g/mol. The van der Waals surface area contributed by atoms with E-state index < -0.39 is 0 Å². The zero-order valence-electron chi connectivity index (χ0n) is 16.4. The van der Waals surface area contributed by atoms with Crippen LogP contribution in [0.25, 0.3) is 0 Å². The first kappa shape index (κ1) is 29.2. The van der Waals surface area contributed by atoms with Crippen LogP contribution in [-0.4, -0.2) is 36.5 Å². The molecular formula is C21H42ClNO2. The molecule has 0 fully saturated rings. The third kappa shape index (κ3) is 19.6. The van der Waals surface area contributed by atoms with Crippen molar-refractivity contribution in [3.05, 3.63) is 35.9 Å². The van der Waals surface area contributed by atoms with Crippen LogP contribution in [0.2, 0.25) is 0 Å². The molecule has 0 aliphatic heterocycles. The third-order valence-corrected chi connectivity index (χ3v) is 4.41. The van der Waals surface area contributed by atoms with Gasteiger partial charge in [0.05, 0.1) is 0 Å². The number of halogens is 1. The van der Waals surface area contributed by atoms with Gasteiger partial charge in [0.2, 0.25) is 0 Å². The molecule has 3 nitrogen and oxygen atoms in total. The number of aryl methyl sites for hydroxylation is 1. The largest absolute Gasteiger partial charge is 0.412 e. The molecule has 0 aliphatic rings. The van der Waals surface area contributed by atoms with Crippen molar-refractivity contribution in [2.24, 2.45) is 0 Å². The fraction of sp³-hybridized carbons (Fsp3) is 0.714. The van der Waals surface area contributed by atoms with Crippen LogP contribution < -0.4 is 0 Å². The molecule has 0 heterocycles. The van der Waals surface area contributed by atoms with Crippen LogP contribution in [0.1, 0.15) is 76.2 Å². The zero-order valence-corrected chi connectivity index (χ0v) is 17.3. The summed E-state index contributed by atoms with van der Waals surface area (Å²) < 4.78 is 0. The summed E-state index contributed by atoms with van der Waals surface area (Å²) in [6.07, 6.45) is 16.9. The van der Waals surface area contributed by atoms with E-state index in [9.17, 15) is 0 Å². The Bertz CT molecular complexity index is 347. The molecule has 1 aromatic rings. The highest BCUT2D eigenvalue weighted by Crippen LogP contribution is 2.12. The predicted octanol–water partition coefficient (Wildman–Crippen LogP) is 4.85. The second kappa shape index (κ2) is 21.4.